The normalized spacial score (nSPS) is 11.7. The molecule has 20 heavy (non-hydrogen) atoms. The quantitative estimate of drug-likeness (QED) is 0.764. The number of rotatable bonds is 8. The minimum Gasteiger partial charge on any atom is -0.484 e. The Morgan fingerprint density at radius 1 is 1.30 bits per heavy atom. The fraction of sp³-hybridized carbons (Fsp3) is 0.467. The van der Waals surface area contributed by atoms with Crippen molar-refractivity contribution in [1.29, 1.82) is 0 Å². The van der Waals surface area contributed by atoms with Crippen LogP contribution in [0, 0.1) is 6.92 Å². The molecule has 0 aliphatic heterocycles. The van der Waals surface area contributed by atoms with E-state index in [1.165, 1.54) is 0 Å². The molecule has 0 spiro atoms. The van der Waals surface area contributed by atoms with E-state index in [9.17, 15) is 9.59 Å². The van der Waals surface area contributed by atoms with Gasteiger partial charge in [-0.25, -0.2) is 4.79 Å². The molecular formula is C15H21NO4. The number of aryl methyl sites for hydroxylation is 1. The molecule has 0 aliphatic rings. The number of benzene rings is 1. The Hall–Kier alpha value is -2.04. The Kier molecular flexibility index (Phi) is 6.56. The van der Waals surface area contributed by atoms with Crippen molar-refractivity contribution in [3.05, 3.63) is 29.8 Å². The molecule has 5 heteroatoms. The van der Waals surface area contributed by atoms with Crippen LogP contribution in [0.5, 0.6) is 5.75 Å². The minimum atomic E-state index is -1.01. The molecule has 1 aromatic carbocycles. The summed E-state index contributed by atoms with van der Waals surface area (Å²) >= 11 is 0. The molecule has 0 aromatic heterocycles. The first-order valence-electron chi connectivity index (χ1n) is 6.74. The Balaban J connectivity index is 2.41. The Bertz CT molecular complexity index is 442. The van der Waals surface area contributed by atoms with Crippen LogP contribution >= 0.6 is 0 Å². The van der Waals surface area contributed by atoms with Crippen LogP contribution < -0.4 is 10.1 Å². The molecule has 0 bridgehead atoms. The second kappa shape index (κ2) is 8.19. The highest BCUT2D eigenvalue weighted by Gasteiger charge is 2.19. The summed E-state index contributed by atoms with van der Waals surface area (Å²) in [7, 11) is 0. The fourth-order valence-corrected chi connectivity index (χ4v) is 1.69. The predicted molar refractivity (Wildman–Crippen MR) is 75.8 cm³/mol. The topological polar surface area (TPSA) is 75.6 Å². The number of carboxylic acids is 1. The number of carbonyl (C=O) groups excluding carboxylic acids is 1. The highest BCUT2D eigenvalue weighted by atomic mass is 16.5. The molecule has 110 valence electrons. The third kappa shape index (κ3) is 5.73. The Morgan fingerprint density at radius 3 is 2.50 bits per heavy atom. The van der Waals surface area contributed by atoms with Gasteiger partial charge in [-0.2, -0.15) is 0 Å². The maximum Gasteiger partial charge on any atom is 0.326 e. The molecule has 0 fully saturated rings. The number of aliphatic carboxylic acids is 1. The highest BCUT2D eigenvalue weighted by Crippen LogP contribution is 2.11. The lowest BCUT2D eigenvalue weighted by molar-refractivity contribution is -0.142. The summed E-state index contributed by atoms with van der Waals surface area (Å²) in [5, 5.41) is 11.5. The molecule has 1 atom stereocenters. The molecule has 1 rings (SSSR count). The molecule has 0 saturated heterocycles. The van der Waals surface area contributed by atoms with E-state index in [2.05, 4.69) is 5.32 Å². The average molecular weight is 279 g/mol. The van der Waals surface area contributed by atoms with Gasteiger partial charge < -0.3 is 15.2 Å². The van der Waals surface area contributed by atoms with Crippen LogP contribution in [-0.4, -0.2) is 29.6 Å². The van der Waals surface area contributed by atoms with Crippen molar-refractivity contribution < 1.29 is 19.4 Å². The predicted octanol–water partition coefficient (Wildman–Crippen LogP) is 2.13. The third-order valence-corrected chi connectivity index (χ3v) is 2.87. The molecule has 5 nitrogen and oxygen atoms in total. The standard InChI is InChI=1S/C15H21NO4/c1-3-4-5-13(15(18)19)16-14(17)10-20-12-8-6-11(2)7-9-12/h6-9,13H,3-5,10H2,1-2H3,(H,16,17)(H,18,19)/t13-/m0/s1. The van der Waals surface area contributed by atoms with Crippen molar-refractivity contribution >= 4 is 11.9 Å². The average Bonchev–Trinajstić information content (AvgIpc) is 2.42. The van der Waals surface area contributed by atoms with Gasteiger partial charge in [-0.15, -0.1) is 0 Å². The lowest BCUT2D eigenvalue weighted by Gasteiger charge is -2.14. The van der Waals surface area contributed by atoms with Crippen LogP contribution in [0.25, 0.3) is 0 Å². The number of unbranched alkanes of at least 4 members (excludes halogenated alkanes) is 1. The van der Waals surface area contributed by atoms with Gasteiger partial charge in [0.05, 0.1) is 0 Å². The third-order valence-electron chi connectivity index (χ3n) is 2.87. The first-order chi connectivity index (χ1) is 9.52. The smallest absolute Gasteiger partial charge is 0.326 e. The summed E-state index contributed by atoms with van der Waals surface area (Å²) in [6, 6.07) is 6.47. The van der Waals surface area contributed by atoms with Crippen LogP contribution in [-0.2, 0) is 9.59 Å². The zero-order valence-electron chi connectivity index (χ0n) is 11.9. The first kappa shape index (κ1) is 16.0. The van der Waals surface area contributed by atoms with Crippen molar-refractivity contribution in [1.82, 2.24) is 5.32 Å². The first-order valence-corrected chi connectivity index (χ1v) is 6.74. The van der Waals surface area contributed by atoms with Gasteiger partial charge in [-0.05, 0) is 25.5 Å². The van der Waals surface area contributed by atoms with Gasteiger partial charge in [0.15, 0.2) is 6.61 Å². The zero-order valence-corrected chi connectivity index (χ0v) is 11.9. The second-order valence-corrected chi connectivity index (χ2v) is 4.70. The lowest BCUT2D eigenvalue weighted by atomic mass is 10.1. The SMILES string of the molecule is CCCC[C@H](NC(=O)COc1ccc(C)cc1)C(=O)O. The molecule has 2 N–H and O–H groups in total. The van der Waals surface area contributed by atoms with Gasteiger partial charge in [0.1, 0.15) is 11.8 Å². The fourth-order valence-electron chi connectivity index (χ4n) is 1.69. The summed E-state index contributed by atoms with van der Waals surface area (Å²) < 4.78 is 5.30. The molecule has 0 aliphatic carbocycles. The molecule has 1 aromatic rings. The van der Waals surface area contributed by atoms with Gasteiger partial charge in [0.25, 0.3) is 5.91 Å². The van der Waals surface area contributed by atoms with Gasteiger partial charge >= 0.3 is 5.97 Å². The molecule has 0 radical (unpaired) electrons. The van der Waals surface area contributed by atoms with Gasteiger partial charge in [-0.1, -0.05) is 37.5 Å². The van der Waals surface area contributed by atoms with Crippen LogP contribution in [0.3, 0.4) is 0 Å². The largest absolute Gasteiger partial charge is 0.484 e. The number of carboxylic acid groups (broad SMARTS) is 1. The van der Waals surface area contributed by atoms with E-state index in [0.717, 1.165) is 18.4 Å². The minimum absolute atomic E-state index is 0.182. The van der Waals surface area contributed by atoms with E-state index in [1.54, 1.807) is 12.1 Å². The number of hydrogen-bond donors (Lipinski definition) is 2. The van der Waals surface area contributed by atoms with Crippen LogP contribution in [0.2, 0.25) is 0 Å². The number of carbonyl (C=O) groups is 2. The monoisotopic (exact) mass is 279 g/mol. The molecule has 0 heterocycles. The summed E-state index contributed by atoms with van der Waals surface area (Å²) in [4.78, 5) is 22.7. The number of amides is 1. The molecule has 0 saturated carbocycles. The van der Waals surface area contributed by atoms with E-state index < -0.39 is 17.9 Å². The molecular weight excluding hydrogens is 258 g/mol. The Labute approximate surface area is 118 Å². The lowest BCUT2D eigenvalue weighted by Crippen LogP contribution is -2.42. The van der Waals surface area contributed by atoms with Crippen LogP contribution in [0.4, 0.5) is 0 Å². The maximum atomic E-state index is 11.7. The zero-order chi connectivity index (χ0) is 15.0. The van der Waals surface area contributed by atoms with Gasteiger partial charge in [-0.3, -0.25) is 4.79 Å². The van der Waals surface area contributed by atoms with Crippen molar-refractivity contribution in [3.8, 4) is 5.75 Å². The summed E-state index contributed by atoms with van der Waals surface area (Å²) in [5.41, 5.74) is 1.10. The number of nitrogens with one attached hydrogen (secondary N) is 1. The van der Waals surface area contributed by atoms with Crippen molar-refractivity contribution in [2.75, 3.05) is 6.61 Å². The van der Waals surface area contributed by atoms with E-state index in [0.29, 0.717) is 12.2 Å². The summed E-state index contributed by atoms with van der Waals surface area (Å²) in [6.45, 7) is 3.75. The highest BCUT2D eigenvalue weighted by molar-refractivity contribution is 5.84. The number of ether oxygens (including phenoxy) is 1. The maximum absolute atomic E-state index is 11.7. The summed E-state index contributed by atoms with van der Waals surface area (Å²) in [6.07, 6.45) is 2.08. The van der Waals surface area contributed by atoms with Gasteiger partial charge in [0, 0.05) is 0 Å². The number of hydrogen-bond acceptors (Lipinski definition) is 3. The van der Waals surface area contributed by atoms with Crippen LogP contribution in [0.15, 0.2) is 24.3 Å². The molecule has 1 amide bonds. The van der Waals surface area contributed by atoms with E-state index in [1.807, 2.05) is 26.0 Å². The summed E-state index contributed by atoms with van der Waals surface area (Å²) in [5.74, 6) is -0.845. The van der Waals surface area contributed by atoms with Crippen molar-refractivity contribution in [2.45, 2.75) is 39.2 Å². The van der Waals surface area contributed by atoms with Gasteiger partial charge in [0.2, 0.25) is 0 Å². The molecule has 0 unspecified atom stereocenters. The van der Waals surface area contributed by atoms with E-state index in [-0.39, 0.29) is 6.61 Å². The Morgan fingerprint density at radius 2 is 1.95 bits per heavy atom. The second-order valence-electron chi connectivity index (χ2n) is 4.70. The van der Waals surface area contributed by atoms with Crippen molar-refractivity contribution in [2.24, 2.45) is 0 Å². The van der Waals surface area contributed by atoms with E-state index >= 15 is 0 Å². The van der Waals surface area contributed by atoms with Crippen LogP contribution in [0.1, 0.15) is 31.7 Å². The van der Waals surface area contributed by atoms with E-state index in [4.69, 9.17) is 9.84 Å². The van der Waals surface area contributed by atoms with Crippen molar-refractivity contribution in [3.63, 3.8) is 0 Å².